The predicted molar refractivity (Wildman–Crippen MR) is 70.4 cm³/mol. The molecule has 0 radical (unpaired) electrons. The van der Waals surface area contributed by atoms with Crippen LogP contribution in [0.15, 0.2) is 18.2 Å². The third-order valence-electron chi connectivity index (χ3n) is 2.46. The van der Waals surface area contributed by atoms with Crippen molar-refractivity contribution < 1.29 is 24.2 Å². The average molecular weight is 278 g/mol. The average Bonchev–Trinajstić information content (AvgIpc) is 2.35. The lowest BCUT2D eigenvalue weighted by Gasteiger charge is -2.19. The maximum atomic E-state index is 11.9. The molecule has 1 aromatic rings. The summed E-state index contributed by atoms with van der Waals surface area (Å²) in [6.45, 7) is 4.54. The highest BCUT2D eigenvalue weighted by Gasteiger charge is 2.22. The zero-order chi connectivity index (χ0) is 15.3. The molecular formula is C14H16NO5-. The van der Waals surface area contributed by atoms with Crippen molar-refractivity contribution in [2.75, 3.05) is 11.9 Å². The van der Waals surface area contributed by atoms with Gasteiger partial charge in [-0.05, 0) is 12.1 Å². The highest BCUT2D eigenvalue weighted by atomic mass is 16.5. The third-order valence-corrected chi connectivity index (χ3v) is 2.46. The van der Waals surface area contributed by atoms with Gasteiger partial charge in [-0.2, -0.15) is 0 Å². The molecule has 0 fully saturated rings. The zero-order valence-electron chi connectivity index (χ0n) is 11.6. The Morgan fingerprint density at radius 2 is 2.00 bits per heavy atom. The van der Waals surface area contributed by atoms with Gasteiger partial charge in [-0.1, -0.05) is 26.8 Å². The van der Waals surface area contributed by atoms with Crippen LogP contribution in [0.4, 0.5) is 5.69 Å². The number of carbonyl (C=O) groups is 3. The molecule has 0 aliphatic carbocycles. The Balaban J connectivity index is 3.03. The Hall–Kier alpha value is -2.37. The van der Waals surface area contributed by atoms with Crippen LogP contribution in [0.3, 0.4) is 0 Å². The van der Waals surface area contributed by atoms with E-state index in [0.29, 0.717) is 6.29 Å². The number of nitrogens with one attached hydrogen (secondary N) is 1. The second-order valence-electron chi connectivity index (χ2n) is 5.20. The van der Waals surface area contributed by atoms with E-state index in [1.54, 1.807) is 32.9 Å². The molecule has 0 saturated carbocycles. The van der Waals surface area contributed by atoms with Gasteiger partial charge in [-0.25, -0.2) is 0 Å². The number of rotatable bonds is 5. The number of carbonyl (C=O) groups excluding carboxylic acids is 3. The van der Waals surface area contributed by atoms with Crippen molar-refractivity contribution in [3.63, 3.8) is 0 Å². The van der Waals surface area contributed by atoms with E-state index in [1.165, 1.54) is 6.07 Å². The summed E-state index contributed by atoms with van der Waals surface area (Å²) < 4.78 is 4.95. The van der Waals surface area contributed by atoms with Gasteiger partial charge in [0.15, 0.2) is 6.29 Å². The highest BCUT2D eigenvalue weighted by Crippen LogP contribution is 2.26. The lowest BCUT2D eigenvalue weighted by Crippen LogP contribution is -2.29. The Morgan fingerprint density at radius 1 is 1.35 bits per heavy atom. The van der Waals surface area contributed by atoms with Crippen molar-refractivity contribution in [2.24, 2.45) is 5.41 Å². The molecule has 0 unspecified atom stereocenters. The van der Waals surface area contributed by atoms with Crippen molar-refractivity contribution in [3.05, 3.63) is 23.8 Å². The SMILES string of the molecule is CC(C)(C)C(=O)Nc1cccc(OCC(=O)[O-])c1C=O. The number of amides is 1. The molecule has 0 saturated heterocycles. The van der Waals surface area contributed by atoms with Crippen LogP contribution in [0.25, 0.3) is 0 Å². The monoisotopic (exact) mass is 278 g/mol. The zero-order valence-corrected chi connectivity index (χ0v) is 11.6. The van der Waals surface area contributed by atoms with Gasteiger partial charge in [0.1, 0.15) is 12.4 Å². The minimum atomic E-state index is -1.40. The number of benzene rings is 1. The van der Waals surface area contributed by atoms with Crippen molar-refractivity contribution in [2.45, 2.75) is 20.8 Å². The summed E-state index contributed by atoms with van der Waals surface area (Å²) in [7, 11) is 0. The topological polar surface area (TPSA) is 95.5 Å². The molecule has 1 rings (SSSR count). The van der Waals surface area contributed by atoms with E-state index in [0.717, 1.165) is 0 Å². The lowest BCUT2D eigenvalue weighted by molar-refractivity contribution is -0.307. The van der Waals surface area contributed by atoms with Gasteiger partial charge >= 0.3 is 0 Å². The number of aldehydes is 1. The summed E-state index contributed by atoms with van der Waals surface area (Å²) in [4.78, 5) is 33.4. The number of hydrogen-bond donors (Lipinski definition) is 1. The minimum absolute atomic E-state index is 0.0795. The number of aliphatic carboxylic acids is 1. The van der Waals surface area contributed by atoms with Crippen LogP contribution in [0.1, 0.15) is 31.1 Å². The highest BCUT2D eigenvalue weighted by molar-refractivity contribution is 6.00. The van der Waals surface area contributed by atoms with Crippen LogP contribution in [0, 0.1) is 5.41 Å². The molecule has 0 aliphatic rings. The quantitative estimate of drug-likeness (QED) is 0.796. The number of anilines is 1. The molecule has 0 aromatic heterocycles. The van der Waals surface area contributed by atoms with Crippen molar-refractivity contribution in [3.8, 4) is 5.75 Å². The van der Waals surface area contributed by atoms with Crippen LogP contribution in [-0.4, -0.2) is 24.8 Å². The first kappa shape index (κ1) is 15.7. The number of carboxylic acid groups (broad SMARTS) is 1. The maximum absolute atomic E-state index is 11.9. The Morgan fingerprint density at radius 3 is 2.50 bits per heavy atom. The van der Waals surface area contributed by atoms with Crippen LogP contribution >= 0.6 is 0 Å². The summed E-state index contributed by atoms with van der Waals surface area (Å²) in [5, 5.41) is 13.0. The van der Waals surface area contributed by atoms with E-state index in [-0.39, 0.29) is 22.9 Å². The molecule has 0 spiro atoms. The number of carboxylic acids is 1. The standard InChI is InChI=1S/C14H17NO5/c1-14(2,3)13(19)15-10-5-4-6-11(9(10)7-16)20-8-12(17)18/h4-7H,8H2,1-3H3,(H,15,19)(H,17,18)/p-1. The van der Waals surface area contributed by atoms with Crippen LogP contribution in [0.5, 0.6) is 5.75 Å². The summed E-state index contributed by atoms with van der Waals surface area (Å²) in [6.07, 6.45) is 0.503. The fraction of sp³-hybridized carbons (Fsp3) is 0.357. The molecule has 1 amide bonds. The molecule has 6 nitrogen and oxygen atoms in total. The summed E-state index contributed by atoms with van der Waals surface area (Å²) >= 11 is 0. The maximum Gasteiger partial charge on any atom is 0.229 e. The van der Waals surface area contributed by atoms with Crippen molar-refractivity contribution >= 4 is 23.9 Å². The first-order chi connectivity index (χ1) is 9.25. The first-order valence-corrected chi connectivity index (χ1v) is 5.98. The fourth-order valence-electron chi connectivity index (χ4n) is 1.35. The van der Waals surface area contributed by atoms with E-state index in [1.807, 2.05) is 0 Å². The first-order valence-electron chi connectivity index (χ1n) is 5.98. The van der Waals surface area contributed by atoms with Crippen LogP contribution in [0.2, 0.25) is 0 Å². The summed E-state index contributed by atoms with van der Waals surface area (Å²) in [5.74, 6) is -1.58. The van der Waals surface area contributed by atoms with E-state index < -0.39 is 18.0 Å². The van der Waals surface area contributed by atoms with E-state index in [9.17, 15) is 19.5 Å². The smallest absolute Gasteiger partial charge is 0.229 e. The van der Waals surface area contributed by atoms with Gasteiger partial charge in [-0.15, -0.1) is 0 Å². The lowest BCUT2D eigenvalue weighted by atomic mass is 9.95. The molecule has 108 valence electrons. The molecule has 0 atom stereocenters. The van der Waals surface area contributed by atoms with E-state index in [4.69, 9.17) is 4.74 Å². The molecule has 0 bridgehead atoms. The molecule has 6 heteroatoms. The molecule has 0 aliphatic heterocycles. The molecule has 1 aromatic carbocycles. The Kier molecular flexibility index (Phi) is 4.85. The summed E-state index contributed by atoms with van der Waals surface area (Å²) in [6, 6.07) is 4.54. The second kappa shape index (κ2) is 6.18. The normalized spacial score (nSPS) is 10.8. The largest absolute Gasteiger partial charge is 0.546 e. The Bertz CT molecular complexity index is 531. The fourth-order valence-corrected chi connectivity index (χ4v) is 1.35. The van der Waals surface area contributed by atoms with Crippen molar-refractivity contribution in [1.82, 2.24) is 0 Å². The van der Waals surface area contributed by atoms with Gasteiger partial charge in [0.2, 0.25) is 5.91 Å². The molecule has 0 heterocycles. The van der Waals surface area contributed by atoms with E-state index >= 15 is 0 Å². The van der Waals surface area contributed by atoms with Gasteiger partial charge in [0.25, 0.3) is 0 Å². The molecule has 1 N–H and O–H groups in total. The third kappa shape index (κ3) is 4.08. The van der Waals surface area contributed by atoms with Crippen molar-refractivity contribution in [1.29, 1.82) is 0 Å². The van der Waals surface area contributed by atoms with Crippen LogP contribution < -0.4 is 15.2 Å². The van der Waals surface area contributed by atoms with E-state index in [2.05, 4.69) is 5.32 Å². The minimum Gasteiger partial charge on any atom is -0.546 e. The summed E-state index contributed by atoms with van der Waals surface area (Å²) in [5.41, 5.74) is -0.260. The Labute approximate surface area is 116 Å². The van der Waals surface area contributed by atoms with Gasteiger partial charge in [0, 0.05) is 5.41 Å². The van der Waals surface area contributed by atoms with Gasteiger partial charge < -0.3 is 20.0 Å². The molecule has 20 heavy (non-hydrogen) atoms. The predicted octanol–water partition coefficient (Wildman–Crippen LogP) is 0.612. The number of hydrogen-bond acceptors (Lipinski definition) is 5. The van der Waals surface area contributed by atoms with Gasteiger partial charge in [-0.3, -0.25) is 9.59 Å². The van der Waals surface area contributed by atoms with Gasteiger partial charge in [0.05, 0.1) is 17.2 Å². The number of ether oxygens (including phenoxy) is 1. The van der Waals surface area contributed by atoms with Crippen LogP contribution in [-0.2, 0) is 9.59 Å². The second-order valence-corrected chi connectivity index (χ2v) is 5.20. The molecular weight excluding hydrogens is 262 g/mol.